The number of ether oxygens (including phenoxy) is 2. The van der Waals surface area contributed by atoms with Gasteiger partial charge >= 0.3 is 0 Å². The molecule has 2 amide bonds. The van der Waals surface area contributed by atoms with E-state index in [-0.39, 0.29) is 13.4 Å². The molecule has 0 fully saturated rings. The minimum atomic E-state index is -0.439. The van der Waals surface area contributed by atoms with Crippen molar-refractivity contribution in [2.24, 2.45) is 0 Å². The van der Waals surface area contributed by atoms with Gasteiger partial charge in [0.25, 0.3) is 11.8 Å². The van der Waals surface area contributed by atoms with Crippen LogP contribution in [0.5, 0.6) is 5.75 Å². The number of benzene rings is 2. The summed E-state index contributed by atoms with van der Waals surface area (Å²) in [6, 6.07) is 13.8. The monoisotopic (exact) mass is 313 g/mol. The molecule has 2 aromatic rings. The minimum absolute atomic E-state index is 0.107. The van der Waals surface area contributed by atoms with Gasteiger partial charge in [-0.25, -0.2) is 0 Å². The summed E-state index contributed by atoms with van der Waals surface area (Å²) in [5.74, 6) is -0.215. The molecule has 0 aliphatic carbocycles. The number of imide groups is 1. The Labute approximate surface area is 133 Å². The van der Waals surface area contributed by atoms with Gasteiger partial charge in [-0.2, -0.15) is 0 Å². The minimum Gasteiger partial charge on any atom is -0.468 e. The first-order valence-corrected chi connectivity index (χ1v) is 7.02. The molecule has 1 aliphatic rings. The van der Waals surface area contributed by atoms with Crippen molar-refractivity contribution in [3.05, 3.63) is 65.2 Å². The third kappa shape index (κ3) is 3.08. The highest BCUT2D eigenvalue weighted by Gasteiger charge is 2.36. The molecule has 2 aromatic carbocycles. The van der Waals surface area contributed by atoms with E-state index in [0.29, 0.717) is 16.9 Å². The van der Waals surface area contributed by atoms with Crippen molar-refractivity contribution in [2.45, 2.75) is 6.61 Å². The molecule has 0 atom stereocenters. The fourth-order valence-corrected chi connectivity index (χ4v) is 2.23. The number of carbonyl (C=O) groups is 2. The van der Waals surface area contributed by atoms with Crippen LogP contribution in [0.4, 0.5) is 0 Å². The number of hydrogen-bond donors (Lipinski definition) is 0. The second kappa shape index (κ2) is 6.60. The third-order valence-corrected chi connectivity index (χ3v) is 3.38. The predicted octanol–water partition coefficient (Wildman–Crippen LogP) is 2.40. The van der Waals surface area contributed by atoms with Crippen molar-refractivity contribution in [1.82, 2.24) is 5.06 Å². The molecule has 6 heteroatoms. The SMILES string of the molecule is COCOc1ccc(CON2C(=O)c3ccccc3C2=O)cc1. The molecule has 0 saturated carbocycles. The van der Waals surface area contributed by atoms with Crippen LogP contribution in [0, 0.1) is 0 Å². The first kappa shape index (κ1) is 15.2. The molecular formula is C17H15NO5. The molecule has 0 aromatic heterocycles. The molecule has 0 radical (unpaired) electrons. The van der Waals surface area contributed by atoms with Crippen LogP contribution in [0.1, 0.15) is 26.3 Å². The maximum Gasteiger partial charge on any atom is 0.285 e. The molecule has 6 nitrogen and oxygen atoms in total. The lowest BCUT2D eigenvalue weighted by atomic mass is 10.1. The molecule has 0 N–H and O–H groups in total. The van der Waals surface area contributed by atoms with Crippen LogP contribution in [-0.2, 0) is 16.2 Å². The van der Waals surface area contributed by atoms with E-state index in [1.165, 1.54) is 0 Å². The van der Waals surface area contributed by atoms with Crippen LogP contribution < -0.4 is 4.74 Å². The van der Waals surface area contributed by atoms with Crippen LogP contribution in [0.25, 0.3) is 0 Å². The number of hydroxylamine groups is 2. The van der Waals surface area contributed by atoms with Crippen molar-refractivity contribution in [3.63, 3.8) is 0 Å². The van der Waals surface area contributed by atoms with E-state index >= 15 is 0 Å². The Morgan fingerprint density at radius 3 is 2.09 bits per heavy atom. The van der Waals surface area contributed by atoms with Crippen LogP contribution in [0.3, 0.4) is 0 Å². The fraction of sp³-hybridized carbons (Fsp3) is 0.176. The quantitative estimate of drug-likeness (QED) is 0.605. The third-order valence-electron chi connectivity index (χ3n) is 3.38. The van der Waals surface area contributed by atoms with E-state index < -0.39 is 11.8 Å². The van der Waals surface area contributed by atoms with Gasteiger partial charge in [0.1, 0.15) is 12.4 Å². The first-order chi connectivity index (χ1) is 11.2. The zero-order valence-corrected chi connectivity index (χ0v) is 12.5. The Balaban J connectivity index is 1.63. The number of amides is 2. The maximum absolute atomic E-state index is 12.1. The fourth-order valence-electron chi connectivity index (χ4n) is 2.23. The Morgan fingerprint density at radius 2 is 1.52 bits per heavy atom. The molecule has 0 bridgehead atoms. The van der Waals surface area contributed by atoms with Gasteiger partial charge in [-0.1, -0.05) is 24.3 Å². The van der Waals surface area contributed by atoms with Gasteiger partial charge < -0.3 is 9.47 Å². The average molecular weight is 313 g/mol. The summed E-state index contributed by atoms with van der Waals surface area (Å²) in [6.07, 6.45) is 0. The number of hydrogen-bond acceptors (Lipinski definition) is 5. The lowest BCUT2D eigenvalue weighted by molar-refractivity contribution is -0.101. The van der Waals surface area contributed by atoms with E-state index in [0.717, 1.165) is 10.6 Å². The lowest BCUT2D eigenvalue weighted by Gasteiger charge is -2.13. The number of carbonyl (C=O) groups excluding carboxylic acids is 2. The first-order valence-electron chi connectivity index (χ1n) is 7.02. The Bertz CT molecular complexity index is 691. The van der Waals surface area contributed by atoms with Gasteiger partial charge in [0.15, 0.2) is 6.79 Å². The highest BCUT2D eigenvalue weighted by Crippen LogP contribution is 2.23. The Kier molecular flexibility index (Phi) is 4.36. The van der Waals surface area contributed by atoms with E-state index in [9.17, 15) is 9.59 Å². The summed E-state index contributed by atoms with van der Waals surface area (Å²) in [4.78, 5) is 29.7. The summed E-state index contributed by atoms with van der Waals surface area (Å²) in [5, 5.41) is 0.806. The average Bonchev–Trinajstić information content (AvgIpc) is 2.84. The summed E-state index contributed by atoms with van der Waals surface area (Å²) >= 11 is 0. The number of nitrogens with zero attached hydrogens (tertiary/aromatic N) is 1. The van der Waals surface area contributed by atoms with Crippen molar-refractivity contribution >= 4 is 11.8 Å². The molecular weight excluding hydrogens is 298 g/mol. The highest BCUT2D eigenvalue weighted by atomic mass is 16.7. The highest BCUT2D eigenvalue weighted by molar-refractivity contribution is 6.20. The molecule has 23 heavy (non-hydrogen) atoms. The molecule has 0 saturated heterocycles. The Morgan fingerprint density at radius 1 is 0.913 bits per heavy atom. The van der Waals surface area contributed by atoms with Crippen molar-refractivity contribution < 1.29 is 23.9 Å². The van der Waals surface area contributed by atoms with Crippen molar-refractivity contribution in [2.75, 3.05) is 13.9 Å². The van der Waals surface area contributed by atoms with Crippen molar-refractivity contribution in [1.29, 1.82) is 0 Å². The Hall–Kier alpha value is -2.70. The van der Waals surface area contributed by atoms with E-state index in [1.807, 2.05) is 0 Å². The largest absolute Gasteiger partial charge is 0.468 e. The van der Waals surface area contributed by atoms with Gasteiger partial charge in [0.2, 0.25) is 0 Å². The van der Waals surface area contributed by atoms with Crippen LogP contribution >= 0.6 is 0 Å². The van der Waals surface area contributed by atoms with Gasteiger partial charge in [-0.3, -0.25) is 14.4 Å². The van der Waals surface area contributed by atoms with Gasteiger partial charge in [-0.15, -0.1) is 5.06 Å². The van der Waals surface area contributed by atoms with Gasteiger partial charge in [-0.05, 0) is 29.8 Å². The standard InChI is InChI=1S/C17H15NO5/c1-21-11-22-13-8-6-12(7-9-13)10-23-18-16(19)14-4-2-3-5-15(14)17(18)20/h2-9H,10-11H2,1H3. The van der Waals surface area contributed by atoms with Crippen molar-refractivity contribution in [3.8, 4) is 5.75 Å². The van der Waals surface area contributed by atoms with Crippen LogP contribution in [0.2, 0.25) is 0 Å². The van der Waals surface area contributed by atoms with E-state index in [2.05, 4.69) is 0 Å². The van der Waals surface area contributed by atoms with E-state index in [4.69, 9.17) is 14.3 Å². The molecule has 0 unspecified atom stereocenters. The van der Waals surface area contributed by atoms with Crippen LogP contribution in [-0.4, -0.2) is 30.8 Å². The molecule has 3 rings (SSSR count). The van der Waals surface area contributed by atoms with Gasteiger partial charge in [0.05, 0.1) is 11.1 Å². The zero-order chi connectivity index (χ0) is 16.2. The number of methoxy groups -OCH3 is 1. The second-order valence-electron chi connectivity index (χ2n) is 4.92. The van der Waals surface area contributed by atoms with E-state index in [1.54, 1.807) is 55.6 Å². The summed E-state index contributed by atoms with van der Waals surface area (Å²) in [5.41, 5.74) is 1.54. The zero-order valence-electron chi connectivity index (χ0n) is 12.5. The topological polar surface area (TPSA) is 65.1 Å². The second-order valence-corrected chi connectivity index (χ2v) is 4.92. The summed E-state index contributed by atoms with van der Waals surface area (Å²) < 4.78 is 10.1. The predicted molar refractivity (Wildman–Crippen MR) is 80.7 cm³/mol. The summed E-state index contributed by atoms with van der Waals surface area (Å²) in [7, 11) is 1.55. The molecule has 1 heterocycles. The summed E-state index contributed by atoms with van der Waals surface area (Å²) in [6.45, 7) is 0.279. The molecule has 1 aliphatic heterocycles. The van der Waals surface area contributed by atoms with Gasteiger partial charge in [0, 0.05) is 7.11 Å². The molecule has 118 valence electrons. The number of rotatable bonds is 6. The molecule has 0 spiro atoms. The van der Waals surface area contributed by atoms with Crippen LogP contribution in [0.15, 0.2) is 48.5 Å². The maximum atomic E-state index is 12.1. The normalized spacial score (nSPS) is 13.3. The lowest BCUT2D eigenvalue weighted by Crippen LogP contribution is -2.29. The smallest absolute Gasteiger partial charge is 0.285 e. The number of fused-ring (bicyclic) bond motifs is 1.